The van der Waals surface area contributed by atoms with Gasteiger partial charge in [-0.15, -0.1) is 0 Å². The lowest BCUT2D eigenvalue weighted by Gasteiger charge is -2.33. The molecule has 0 fully saturated rings. The van der Waals surface area contributed by atoms with Gasteiger partial charge in [-0.2, -0.15) is 0 Å². The molecular weight excluding hydrogens is 368 g/mol. The molecule has 0 bridgehead atoms. The van der Waals surface area contributed by atoms with Crippen molar-refractivity contribution in [3.63, 3.8) is 0 Å². The summed E-state index contributed by atoms with van der Waals surface area (Å²) < 4.78 is 6.38. The Bertz CT molecular complexity index is 993. The third-order valence-electron chi connectivity index (χ3n) is 6.65. The Morgan fingerprint density at radius 2 is 1.66 bits per heavy atom. The molecule has 1 aliphatic rings. The molecule has 29 heavy (non-hydrogen) atoms. The first-order chi connectivity index (χ1) is 13.7. The second-order valence-electron chi connectivity index (χ2n) is 8.85. The van der Waals surface area contributed by atoms with Crippen LogP contribution in [0.15, 0.2) is 77.0 Å². The molecule has 0 spiro atoms. The van der Waals surface area contributed by atoms with Gasteiger partial charge in [-0.3, -0.25) is 0 Å². The molecule has 152 valence electrons. The molecular formula is C27H34OSi. The third-order valence-corrected chi connectivity index (χ3v) is 10.5. The van der Waals surface area contributed by atoms with Gasteiger partial charge in [-0.05, 0) is 56.0 Å². The summed E-state index contributed by atoms with van der Waals surface area (Å²) >= 11 is 0. The van der Waals surface area contributed by atoms with E-state index in [2.05, 4.69) is 96.8 Å². The van der Waals surface area contributed by atoms with Crippen molar-refractivity contribution < 1.29 is 4.74 Å². The van der Waals surface area contributed by atoms with Crippen LogP contribution in [0.1, 0.15) is 33.3 Å². The van der Waals surface area contributed by atoms with E-state index in [9.17, 15) is 0 Å². The van der Waals surface area contributed by atoms with Gasteiger partial charge in [-0.1, -0.05) is 91.0 Å². The van der Waals surface area contributed by atoms with Crippen LogP contribution in [0.5, 0.6) is 5.75 Å². The summed E-state index contributed by atoms with van der Waals surface area (Å²) in [5.74, 6) is 1.54. The fourth-order valence-corrected chi connectivity index (χ4v) is 8.96. The molecule has 2 aromatic carbocycles. The number of aryl methyl sites for hydroxylation is 1. The summed E-state index contributed by atoms with van der Waals surface area (Å²) in [6, 6.07) is 15.2. The maximum atomic E-state index is 6.38. The summed E-state index contributed by atoms with van der Waals surface area (Å²) in [4.78, 5) is 0. The first-order valence-corrected chi connectivity index (χ1v) is 13.5. The lowest BCUT2D eigenvalue weighted by atomic mass is 10.0. The molecule has 0 saturated heterocycles. The van der Waals surface area contributed by atoms with Gasteiger partial charge in [0.1, 0.15) is 20.4 Å². The van der Waals surface area contributed by atoms with Gasteiger partial charge >= 0.3 is 0 Å². The first kappa shape index (κ1) is 21.4. The van der Waals surface area contributed by atoms with E-state index in [0.29, 0.717) is 12.5 Å². The highest BCUT2D eigenvalue weighted by atomic mass is 28.3. The number of allylic oxidation sites excluding steroid dienone is 4. The van der Waals surface area contributed by atoms with Crippen LogP contribution in [-0.4, -0.2) is 14.7 Å². The fourth-order valence-electron chi connectivity index (χ4n) is 4.89. The molecule has 0 amide bonds. The van der Waals surface area contributed by atoms with Gasteiger partial charge in [0.05, 0.1) is 0 Å². The van der Waals surface area contributed by atoms with Crippen LogP contribution in [0, 0.1) is 12.8 Å². The summed E-state index contributed by atoms with van der Waals surface area (Å²) in [6.45, 7) is 20.8. The minimum Gasteiger partial charge on any atom is -0.489 e. The Morgan fingerprint density at radius 1 is 1.00 bits per heavy atom. The van der Waals surface area contributed by atoms with Gasteiger partial charge in [0, 0.05) is 5.56 Å². The van der Waals surface area contributed by atoms with E-state index >= 15 is 0 Å². The van der Waals surface area contributed by atoms with E-state index in [-0.39, 0.29) is 0 Å². The Kier molecular flexibility index (Phi) is 6.04. The zero-order valence-corrected chi connectivity index (χ0v) is 20.0. The molecule has 1 aliphatic carbocycles. The molecule has 3 rings (SSSR count). The molecule has 2 aromatic rings. The highest BCUT2D eigenvalue weighted by molar-refractivity contribution is 6.96. The lowest BCUT2D eigenvalue weighted by Crippen LogP contribution is -2.47. The summed E-state index contributed by atoms with van der Waals surface area (Å²) in [5, 5.41) is 3.03. The zero-order chi connectivity index (χ0) is 21.3. The Balaban J connectivity index is 2.26. The number of benzene rings is 2. The average Bonchev–Trinajstić information content (AvgIpc) is 2.90. The van der Waals surface area contributed by atoms with Crippen molar-refractivity contribution in [3.8, 4) is 16.9 Å². The van der Waals surface area contributed by atoms with Gasteiger partial charge in [-0.25, -0.2) is 0 Å². The molecule has 0 aliphatic heterocycles. The van der Waals surface area contributed by atoms with E-state index in [0.717, 1.165) is 5.75 Å². The van der Waals surface area contributed by atoms with Crippen molar-refractivity contribution >= 4 is 13.3 Å². The minimum atomic E-state index is -1.97. The summed E-state index contributed by atoms with van der Waals surface area (Å²) in [5.41, 5.74) is 8.16. The average molecular weight is 403 g/mol. The van der Waals surface area contributed by atoms with Crippen LogP contribution in [0.2, 0.25) is 13.1 Å². The lowest BCUT2D eigenvalue weighted by molar-refractivity contribution is 0.367. The predicted octanol–water partition coefficient (Wildman–Crippen LogP) is 6.98. The first-order valence-electron chi connectivity index (χ1n) is 10.5. The molecule has 0 aromatic heterocycles. The largest absolute Gasteiger partial charge is 0.489 e. The van der Waals surface area contributed by atoms with Crippen molar-refractivity contribution in [2.45, 2.75) is 47.7 Å². The Labute approximate surface area is 177 Å². The number of hydrogen-bond acceptors (Lipinski definition) is 1. The highest BCUT2D eigenvalue weighted by Crippen LogP contribution is 2.43. The van der Waals surface area contributed by atoms with Crippen LogP contribution >= 0.6 is 0 Å². The molecule has 0 heterocycles. The molecule has 1 unspecified atom stereocenters. The number of rotatable bonds is 6. The molecule has 0 radical (unpaired) electrons. The SMILES string of the molecule is C=CCOc1c(-c2ccccc2)cc(C)cc1[Si](C)(C)C1=C(C)C(C)=C(C)C1C. The van der Waals surface area contributed by atoms with Crippen LogP contribution in [0.4, 0.5) is 0 Å². The fraction of sp³-hybridized carbons (Fsp3) is 0.333. The van der Waals surface area contributed by atoms with Crippen LogP contribution in [0.3, 0.4) is 0 Å². The van der Waals surface area contributed by atoms with Gasteiger partial charge in [0.15, 0.2) is 0 Å². The molecule has 0 N–H and O–H groups in total. The third kappa shape index (κ3) is 3.78. The standard InChI is InChI=1S/C27H34OSi/c1-9-15-28-26-24(23-13-11-10-12-14-23)16-18(2)17-25(26)29(7,8)27-21(5)19(3)20(4)22(27)6/h9-14,16-17,21H,1,15H2,2-8H3. The smallest absolute Gasteiger partial charge is 0.127 e. The molecule has 1 atom stereocenters. The van der Waals surface area contributed by atoms with Gasteiger partial charge < -0.3 is 4.74 Å². The van der Waals surface area contributed by atoms with Crippen LogP contribution in [0.25, 0.3) is 11.1 Å². The minimum absolute atomic E-state index is 0.504. The van der Waals surface area contributed by atoms with Gasteiger partial charge in [0.2, 0.25) is 0 Å². The Morgan fingerprint density at radius 3 is 2.21 bits per heavy atom. The van der Waals surface area contributed by atoms with E-state index in [1.165, 1.54) is 38.6 Å². The van der Waals surface area contributed by atoms with Crippen molar-refractivity contribution in [3.05, 3.63) is 82.6 Å². The Hall–Kier alpha value is -2.32. The molecule has 2 heteroatoms. The molecule has 0 saturated carbocycles. The molecule has 1 nitrogen and oxygen atoms in total. The van der Waals surface area contributed by atoms with E-state index in [4.69, 9.17) is 4.74 Å². The second-order valence-corrected chi connectivity index (χ2v) is 13.2. The summed E-state index contributed by atoms with van der Waals surface area (Å²) in [6.07, 6.45) is 1.84. The zero-order valence-electron chi connectivity index (χ0n) is 19.0. The number of ether oxygens (including phenoxy) is 1. The summed E-state index contributed by atoms with van der Waals surface area (Å²) in [7, 11) is -1.97. The highest BCUT2D eigenvalue weighted by Gasteiger charge is 2.39. The van der Waals surface area contributed by atoms with E-state index in [1.807, 2.05) is 6.08 Å². The van der Waals surface area contributed by atoms with E-state index in [1.54, 1.807) is 5.20 Å². The quantitative estimate of drug-likeness (QED) is 0.374. The van der Waals surface area contributed by atoms with Crippen LogP contribution < -0.4 is 9.92 Å². The topological polar surface area (TPSA) is 9.23 Å². The maximum Gasteiger partial charge on any atom is 0.127 e. The van der Waals surface area contributed by atoms with Gasteiger partial charge in [0.25, 0.3) is 0 Å². The van der Waals surface area contributed by atoms with E-state index < -0.39 is 8.07 Å². The predicted molar refractivity (Wildman–Crippen MR) is 130 cm³/mol. The maximum absolute atomic E-state index is 6.38. The normalized spacial score (nSPS) is 17.1. The monoisotopic (exact) mass is 402 g/mol. The van der Waals surface area contributed by atoms with Crippen molar-refractivity contribution in [2.24, 2.45) is 5.92 Å². The van der Waals surface area contributed by atoms with Crippen LogP contribution in [-0.2, 0) is 0 Å². The van der Waals surface area contributed by atoms with Crippen molar-refractivity contribution in [1.29, 1.82) is 0 Å². The van der Waals surface area contributed by atoms with Crippen molar-refractivity contribution in [2.75, 3.05) is 6.61 Å². The van der Waals surface area contributed by atoms with Crippen molar-refractivity contribution in [1.82, 2.24) is 0 Å². The number of hydrogen-bond donors (Lipinski definition) is 0. The second kappa shape index (κ2) is 8.20.